The van der Waals surface area contributed by atoms with Crippen molar-refractivity contribution < 1.29 is 5.11 Å². The number of nitrogens with one attached hydrogen (secondary N) is 2. The Morgan fingerprint density at radius 1 is 1.26 bits per heavy atom. The summed E-state index contributed by atoms with van der Waals surface area (Å²) in [5, 5.41) is 16.3. The SMILES string of the molecule is CCNC(=NCC1(CCO)CCCCC1)NCCCCn1ccnc1C.I. The molecule has 7 heteroatoms. The van der Waals surface area contributed by atoms with Gasteiger partial charge in [-0.25, -0.2) is 4.98 Å². The third kappa shape index (κ3) is 8.37. The second kappa shape index (κ2) is 13.4. The lowest BCUT2D eigenvalue weighted by Gasteiger charge is -2.35. The van der Waals surface area contributed by atoms with Crippen LogP contribution in [0.2, 0.25) is 0 Å². The summed E-state index contributed by atoms with van der Waals surface area (Å²) in [5.74, 6) is 1.99. The molecule has 156 valence electrons. The average Bonchev–Trinajstić information content (AvgIpc) is 3.05. The summed E-state index contributed by atoms with van der Waals surface area (Å²) in [6.07, 6.45) is 13.3. The molecule has 1 saturated carbocycles. The molecule has 1 aromatic heterocycles. The lowest BCUT2D eigenvalue weighted by Crippen LogP contribution is -2.39. The van der Waals surface area contributed by atoms with Crippen LogP contribution in [0, 0.1) is 12.3 Å². The Hall–Kier alpha value is -0.830. The fraction of sp³-hybridized carbons (Fsp3) is 0.800. The maximum Gasteiger partial charge on any atom is 0.191 e. The highest BCUT2D eigenvalue weighted by atomic mass is 127. The highest BCUT2D eigenvalue weighted by Crippen LogP contribution is 2.39. The Morgan fingerprint density at radius 3 is 2.67 bits per heavy atom. The number of aryl methyl sites for hydroxylation is 2. The topological polar surface area (TPSA) is 74.5 Å². The van der Waals surface area contributed by atoms with Crippen LogP contribution in [0.1, 0.15) is 64.1 Å². The van der Waals surface area contributed by atoms with Gasteiger partial charge in [0.2, 0.25) is 0 Å². The number of hydrogen-bond donors (Lipinski definition) is 3. The largest absolute Gasteiger partial charge is 0.396 e. The van der Waals surface area contributed by atoms with Gasteiger partial charge >= 0.3 is 0 Å². The van der Waals surface area contributed by atoms with Gasteiger partial charge in [0.15, 0.2) is 5.96 Å². The summed E-state index contributed by atoms with van der Waals surface area (Å²) >= 11 is 0. The number of imidazole rings is 1. The van der Waals surface area contributed by atoms with Crippen LogP contribution in [0.4, 0.5) is 0 Å². The van der Waals surface area contributed by atoms with Crippen LogP contribution >= 0.6 is 24.0 Å². The number of halogens is 1. The minimum absolute atomic E-state index is 0. The molecule has 2 rings (SSSR count). The Bertz CT molecular complexity index is 535. The monoisotopic (exact) mass is 491 g/mol. The molecule has 0 aromatic carbocycles. The maximum atomic E-state index is 9.46. The van der Waals surface area contributed by atoms with Gasteiger partial charge in [-0.3, -0.25) is 4.99 Å². The quantitative estimate of drug-likeness (QED) is 0.203. The van der Waals surface area contributed by atoms with Crippen LogP contribution in [0.5, 0.6) is 0 Å². The molecule has 1 aliphatic rings. The van der Waals surface area contributed by atoms with Crippen LogP contribution in [0.25, 0.3) is 0 Å². The van der Waals surface area contributed by atoms with Crippen molar-refractivity contribution >= 4 is 29.9 Å². The van der Waals surface area contributed by atoms with Gasteiger partial charge in [0, 0.05) is 45.2 Å². The number of rotatable bonds is 10. The molecule has 0 atom stereocenters. The highest BCUT2D eigenvalue weighted by Gasteiger charge is 2.31. The molecular formula is C20H38IN5O. The first-order chi connectivity index (χ1) is 12.7. The second-order valence-electron chi connectivity index (χ2n) is 7.53. The van der Waals surface area contributed by atoms with Crippen molar-refractivity contribution in [3.8, 4) is 0 Å². The number of aliphatic hydroxyl groups excluding tert-OH is 1. The first-order valence-corrected chi connectivity index (χ1v) is 10.3. The van der Waals surface area contributed by atoms with E-state index in [1.54, 1.807) is 0 Å². The minimum Gasteiger partial charge on any atom is -0.396 e. The Balaban J connectivity index is 0.00000364. The average molecular weight is 491 g/mol. The molecule has 0 unspecified atom stereocenters. The van der Waals surface area contributed by atoms with Crippen molar-refractivity contribution in [1.29, 1.82) is 0 Å². The van der Waals surface area contributed by atoms with Gasteiger partial charge in [-0.05, 0) is 51.4 Å². The molecule has 0 bridgehead atoms. The zero-order valence-corrected chi connectivity index (χ0v) is 19.4. The fourth-order valence-electron chi connectivity index (χ4n) is 3.87. The van der Waals surface area contributed by atoms with Gasteiger partial charge < -0.3 is 20.3 Å². The molecule has 6 nitrogen and oxygen atoms in total. The molecule has 1 aromatic rings. The van der Waals surface area contributed by atoms with E-state index in [1.165, 1.54) is 32.1 Å². The van der Waals surface area contributed by atoms with Gasteiger partial charge in [-0.2, -0.15) is 0 Å². The first-order valence-electron chi connectivity index (χ1n) is 10.3. The van der Waals surface area contributed by atoms with Crippen molar-refractivity contribution in [2.24, 2.45) is 10.4 Å². The summed E-state index contributed by atoms with van der Waals surface area (Å²) in [5.41, 5.74) is 0.203. The van der Waals surface area contributed by atoms with Gasteiger partial charge in [0.1, 0.15) is 5.82 Å². The predicted molar refractivity (Wildman–Crippen MR) is 123 cm³/mol. The van der Waals surface area contributed by atoms with Crippen molar-refractivity contribution in [3.05, 3.63) is 18.2 Å². The number of guanidine groups is 1. The predicted octanol–water partition coefficient (Wildman–Crippen LogP) is 3.48. The molecule has 1 fully saturated rings. The van der Waals surface area contributed by atoms with Crippen LogP contribution in [0.3, 0.4) is 0 Å². The summed E-state index contributed by atoms with van der Waals surface area (Å²) in [7, 11) is 0. The lowest BCUT2D eigenvalue weighted by atomic mass is 9.72. The Kier molecular flexibility index (Phi) is 12.0. The van der Waals surface area contributed by atoms with Crippen molar-refractivity contribution in [1.82, 2.24) is 20.2 Å². The maximum absolute atomic E-state index is 9.46. The molecule has 3 N–H and O–H groups in total. The smallest absolute Gasteiger partial charge is 0.191 e. The molecule has 1 aliphatic carbocycles. The molecule has 0 radical (unpaired) electrons. The van der Waals surface area contributed by atoms with Gasteiger partial charge in [0.25, 0.3) is 0 Å². The molecule has 1 heterocycles. The van der Waals surface area contributed by atoms with E-state index in [9.17, 15) is 5.11 Å². The molecule has 0 saturated heterocycles. The van der Waals surface area contributed by atoms with Crippen molar-refractivity contribution in [2.45, 2.75) is 71.8 Å². The number of aromatic nitrogens is 2. The van der Waals surface area contributed by atoms with Crippen LogP contribution in [-0.4, -0.2) is 46.9 Å². The van der Waals surface area contributed by atoms with Gasteiger partial charge in [-0.1, -0.05) is 19.3 Å². The Morgan fingerprint density at radius 2 is 2.04 bits per heavy atom. The molecular weight excluding hydrogens is 453 g/mol. The summed E-state index contributed by atoms with van der Waals surface area (Å²) < 4.78 is 2.20. The molecule has 0 spiro atoms. The summed E-state index contributed by atoms with van der Waals surface area (Å²) in [6, 6.07) is 0. The van der Waals surface area contributed by atoms with Gasteiger partial charge in [0.05, 0.1) is 0 Å². The van der Waals surface area contributed by atoms with Crippen molar-refractivity contribution in [3.63, 3.8) is 0 Å². The van der Waals surface area contributed by atoms with E-state index < -0.39 is 0 Å². The summed E-state index contributed by atoms with van der Waals surface area (Å²) in [4.78, 5) is 9.12. The molecule has 0 amide bonds. The zero-order chi connectivity index (χ0) is 18.7. The van der Waals surface area contributed by atoms with E-state index in [0.717, 1.165) is 57.2 Å². The third-order valence-electron chi connectivity index (χ3n) is 5.52. The van der Waals surface area contributed by atoms with Crippen LogP contribution in [0.15, 0.2) is 17.4 Å². The third-order valence-corrected chi connectivity index (χ3v) is 5.52. The first kappa shape index (κ1) is 24.2. The van der Waals surface area contributed by atoms with E-state index in [-0.39, 0.29) is 36.0 Å². The number of aliphatic hydroxyl groups is 1. The normalized spacial score (nSPS) is 16.6. The number of unbranched alkanes of at least 4 members (excludes halogenated alkanes) is 1. The lowest BCUT2D eigenvalue weighted by molar-refractivity contribution is 0.137. The van der Waals surface area contributed by atoms with E-state index in [4.69, 9.17) is 4.99 Å². The number of nitrogens with zero attached hydrogens (tertiary/aromatic N) is 3. The van der Waals surface area contributed by atoms with E-state index in [2.05, 4.69) is 27.1 Å². The number of hydrogen-bond acceptors (Lipinski definition) is 3. The van der Waals surface area contributed by atoms with Gasteiger partial charge in [-0.15, -0.1) is 24.0 Å². The summed E-state index contributed by atoms with van der Waals surface area (Å²) in [6.45, 7) is 8.04. The molecule has 27 heavy (non-hydrogen) atoms. The van der Waals surface area contributed by atoms with E-state index in [0.29, 0.717) is 0 Å². The second-order valence-corrected chi connectivity index (χ2v) is 7.53. The fourth-order valence-corrected chi connectivity index (χ4v) is 3.87. The van der Waals surface area contributed by atoms with Crippen molar-refractivity contribution in [2.75, 3.05) is 26.2 Å². The van der Waals surface area contributed by atoms with Crippen LogP contribution < -0.4 is 10.6 Å². The van der Waals surface area contributed by atoms with E-state index >= 15 is 0 Å². The van der Waals surface area contributed by atoms with E-state index in [1.807, 2.05) is 19.3 Å². The standard InChI is InChI=1S/C20H37N5O.HI/c1-3-21-19(23-12-7-8-14-25-15-13-22-18(25)2)24-17-20(11-16-26)9-5-4-6-10-20;/h13,15,26H,3-12,14,16-17H2,1-2H3,(H2,21,23,24);1H. The zero-order valence-electron chi connectivity index (χ0n) is 17.0. The minimum atomic E-state index is 0. The molecule has 0 aliphatic heterocycles. The highest BCUT2D eigenvalue weighted by molar-refractivity contribution is 14.0. The number of aliphatic imine (C=N–C) groups is 1. The van der Waals surface area contributed by atoms with Crippen LogP contribution in [-0.2, 0) is 6.54 Å². The Labute approximate surface area is 181 Å².